The van der Waals surface area contributed by atoms with Gasteiger partial charge in [-0.15, -0.1) is 0 Å². The third kappa shape index (κ3) is 4.43. The molecule has 0 saturated heterocycles. The molecule has 1 atom stereocenters. The highest BCUT2D eigenvalue weighted by atomic mass is 16.5. The quantitative estimate of drug-likeness (QED) is 0.787. The highest BCUT2D eigenvalue weighted by Gasteiger charge is 2.22. The van der Waals surface area contributed by atoms with Crippen molar-refractivity contribution in [2.24, 2.45) is 0 Å². The molecular weight excluding hydrogens is 322 g/mol. The number of fused-ring (bicyclic) bond motifs is 1. The van der Waals surface area contributed by atoms with E-state index in [9.17, 15) is 0 Å². The Kier molecular flexibility index (Phi) is 6.64. The van der Waals surface area contributed by atoms with Gasteiger partial charge in [0.25, 0.3) is 0 Å². The van der Waals surface area contributed by atoms with E-state index in [0.29, 0.717) is 0 Å². The minimum Gasteiger partial charge on any atom is -0.492 e. The van der Waals surface area contributed by atoms with Crippen LogP contribution in [0.25, 0.3) is 0 Å². The van der Waals surface area contributed by atoms with E-state index in [1.807, 2.05) is 6.20 Å². The molecule has 4 heteroatoms. The number of benzene rings is 1. The number of likely N-dealkylation sites (N-methyl/N-ethyl adjacent to an activating group) is 1. The van der Waals surface area contributed by atoms with Gasteiger partial charge in [-0.25, -0.2) is 0 Å². The number of hydrogen-bond acceptors (Lipinski definition) is 4. The van der Waals surface area contributed by atoms with Gasteiger partial charge in [0.15, 0.2) is 0 Å². The van der Waals surface area contributed by atoms with Crippen LogP contribution in [0.5, 0.6) is 5.75 Å². The zero-order chi connectivity index (χ0) is 18.4. The number of pyridine rings is 1. The van der Waals surface area contributed by atoms with Gasteiger partial charge in [-0.05, 0) is 60.8 Å². The summed E-state index contributed by atoms with van der Waals surface area (Å²) in [5, 5.41) is 3.61. The minimum absolute atomic E-state index is 0.175. The van der Waals surface area contributed by atoms with Crippen LogP contribution in [-0.2, 0) is 12.8 Å². The number of aryl methyl sites for hydroxylation is 1. The zero-order valence-corrected chi connectivity index (χ0v) is 16.3. The summed E-state index contributed by atoms with van der Waals surface area (Å²) in [7, 11) is 0. The highest BCUT2D eigenvalue weighted by Crippen LogP contribution is 2.30. The normalized spacial score (nSPS) is 16.5. The molecule has 2 heterocycles. The van der Waals surface area contributed by atoms with Crippen LogP contribution in [0.1, 0.15) is 49.2 Å². The molecule has 0 bridgehead atoms. The largest absolute Gasteiger partial charge is 0.492 e. The van der Waals surface area contributed by atoms with E-state index < -0.39 is 0 Å². The minimum atomic E-state index is 0.175. The molecule has 140 valence electrons. The molecule has 1 aliphatic rings. The Morgan fingerprint density at radius 1 is 1.15 bits per heavy atom. The van der Waals surface area contributed by atoms with Gasteiger partial charge in [0, 0.05) is 19.3 Å². The van der Waals surface area contributed by atoms with Crippen molar-refractivity contribution >= 4 is 0 Å². The third-order valence-corrected chi connectivity index (χ3v) is 5.29. The van der Waals surface area contributed by atoms with E-state index in [4.69, 9.17) is 4.74 Å². The Morgan fingerprint density at radius 2 is 2.00 bits per heavy atom. The van der Waals surface area contributed by atoms with Crippen molar-refractivity contribution in [2.75, 3.05) is 32.8 Å². The Balaban J connectivity index is 1.70. The van der Waals surface area contributed by atoms with Crippen molar-refractivity contribution in [3.63, 3.8) is 0 Å². The maximum absolute atomic E-state index is 6.00. The Bertz CT molecular complexity index is 695. The molecule has 0 saturated carbocycles. The highest BCUT2D eigenvalue weighted by molar-refractivity contribution is 5.42. The summed E-state index contributed by atoms with van der Waals surface area (Å²) >= 11 is 0. The first-order valence-electron chi connectivity index (χ1n) is 9.91. The average Bonchev–Trinajstić information content (AvgIpc) is 2.70. The molecule has 4 nitrogen and oxygen atoms in total. The molecular formula is C22H31N3O. The van der Waals surface area contributed by atoms with Crippen molar-refractivity contribution in [3.05, 3.63) is 58.9 Å². The van der Waals surface area contributed by atoms with Crippen molar-refractivity contribution in [1.82, 2.24) is 15.2 Å². The van der Waals surface area contributed by atoms with E-state index in [2.05, 4.69) is 66.3 Å². The monoisotopic (exact) mass is 353 g/mol. The van der Waals surface area contributed by atoms with Crippen LogP contribution >= 0.6 is 0 Å². The number of rotatable bonds is 8. The van der Waals surface area contributed by atoms with Crippen LogP contribution < -0.4 is 10.1 Å². The van der Waals surface area contributed by atoms with Gasteiger partial charge in [-0.1, -0.05) is 32.9 Å². The first kappa shape index (κ1) is 18.9. The predicted molar refractivity (Wildman–Crippen MR) is 107 cm³/mol. The van der Waals surface area contributed by atoms with Crippen LogP contribution in [0.4, 0.5) is 0 Å². The van der Waals surface area contributed by atoms with E-state index in [1.165, 1.54) is 16.7 Å². The maximum atomic E-state index is 6.00. The molecule has 0 radical (unpaired) electrons. The number of aromatic nitrogens is 1. The van der Waals surface area contributed by atoms with Crippen LogP contribution in [-0.4, -0.2) is 42.7 Å². The van der Waals surface area contributed by atoms with Gasteiger partial charge in [-0.2, -0.15) is 0 Å². The number of hydrogen-bond donors (Lipinski definition) is 1. The smallest absolute Gasteiger partial charge is 0.119 e. The topological polar surface area (TPSA) is 37.4 Å². The van der Waals surface area contributed by atoms with Crippen molar-refractivity contribution in [3.8, 4) is 5.75 Å². The molecule has 0 fully saturated rings. The van der Waals surface area contributed by atoms with Crippen LogP contribution in [0.15, 0.2) is 36.5 Å². The fraction of sp³-hybridized carbons (Fsp3) is 0.500. The summed E-state index contributed by atoms with van der Waals surface area (Å²) < 4.78 is 6.00. The lowest BCUT2D eigenvalue weighted by Crippen LogP contribution is -2.31. The lowest BCUT2D eigenvalue weighted by atomic mass is 9.92. The molecule has 2 aromatic rings. The molecule has 26 heavy (non-hydrogen) atoms. The Labute approximate surface area is 157 Å². The molecule has 1 aliphatic heterocycles. The average molecular weight is 354 g/mol. The van der Waals surface area contributed by atoms with Crippen LogP contribution in [0.2, 0.25) is 0 Å². The summed E-state index contributed by atoms with van der Waals surface area (Å²) in [6, 6.07) is 11.0. The molecule has 1 aromatic heterocycles. The lowest BCUT2D eigenvalue weighted by Gasteiger charge is -2.27. The molecule has 0 amide bonds. The summed E-state index contributed by atoms with van der Waals surface area (Å²) in [5.41, 5.74) is 5.07. The standard InChI is InChI=1S/C22H31N3O/c1-4-17-7-10-21(24-16-17)22-20-9-8-19(15-18(20)11-12-23-22)26-14-13-25(5-2)6-3/h7-10,15-16,22-23H,4-6,11-14H2,1-3H3. The summed E-state index contributed by atoms with van der Waals surface area (Å²) in [6.07, 6.45) is 4.05. The molecule has 1 N–H and O–H groups in total. The molecule has 3 rings (SSSR count). The van der Waals surface area contributed by atoms with Gasteiger partial charge in [0.1, 0.15) is 12.4 Å². The Morgan fingerprint density at radius 3 is 2.69 bits per heavy atom. The summed E-state index contributed by atoms with van der Waals surface area (Å²) in [4.78, 5) is 7.06. The maximum Gasteiger partial charge on any atom is 0.119 e. The van der Waals surface area contributed by atoms with Gasteiger partial charge in [0.2, 0.25) is 0 Å². The van der Waals surface area contributed by atoms with Crippen LogP contribution in [0.3, 0.4) is 0 Å². The fourth-order valence-electron chi connectivity index (χ4n) is 3.54. The Hall–Kier alpha value is -1.91. The molecule has 0 spiro atoms. The number of nitrogens with one attached hydrogen (secondary N) is 1. The fourth-order valence-corrected chi connectivity index (χ4v) is 3.54. The summed E-state index contributed by atoms with van der Waals surface area (Å²) in [6.45, 7) is 11.4. The first-order chi connectivity index (χ1) is 12.7. The van der Waals surface area contributed by atoms with Crippen molar-refractivity contribution in [1.29, 1.82) is 0 Å². The lowest BCUT2D eigenvalue weighted by molar-refractivity contribution is 0.222. The van der Waals surface area contributed by atoms with E-state index in [-0.39, 0.29) is 6.04 Å². The zero-order valence-electron chi connectivity index (χ0n) is 16.3. The first-order valence-corrected chi connectivity index (χ1v) is 9.91. The third-order valence-electron chi connectivity index (χ3n) is 5.29. The van der Waals surface area contributed by atoms with Crippen LogP contribution in [0, 0.1) is 0 Å². The number of ether oxygens (including phenoxy) is 1. The van der Waals surface area contributed by atoms with Gasteiger partial charge in [0.05, 0.1) is 11.7 Å². The van der Waals surface area contributed by atoms with Crippen molar-refractivity contribution in [2.45, 2.75) is 39.7 Å². The van der Waals surface area contributed by atoms with E-state index in [1.54, 1.807) is 0 Å². The van der Waals surface area contributed by atoms with E-state index >= 15 is 0 Å². The SMILES string of the molecule is CCc1ccc(C2NCCc3cc(OCCN(CC)CC)ccc32)nc1. The van der Waals surface area contributed by atoms with E-state index in [0.717, 1.165) is 57.1 Å². The number of nitrogens with zero attached hydrogens (tertiary/aromatic N) is 2. The van der Waals surface area contributed by atoms with Crippen molar-refractivity contribution < 1.29 is 4.74 Å². The van der Waals surface area contributed by atoms with Gasteiger partial charge in [-0.3, -0.25) is 4.98 Å². The molecule has 1 unspecified atom stereocenters. The second-order valence-electron chi connectivity index (χ2n) is 6.82. The summed E-state index contributed by atoms with van der Waals surface area (Å²) in [5.74, 6) is 0.978. The second kappa shape index (κ2) is 9.15. The van der Waals surface area contributed by atoms with Gasteiger partial charge < -0.3 is 15.0 Å². The molecule has 1 aromatic carbocycles. The molecule has 0 aliphatic carbocycles. The van der Waals surface area contributed by atoms with Gasteiger partial charge >= 0.3 is 0 Å². The predicted octanol–water partition coefficient (Wildman–Crippen LogP) is 3.60. The second-order valence-corrected chi connectivity index (χ2v) is 6.82.